The van der Waals surface area contributed by atoms with Gasteiger partial charge in [-0.05, 0) is 36.4 Å². The minimum Gasteiger partial charge on any atom is -0.465 e. The molecular weight excluding hydrogens is 352 g/mol. The summed E-state index contributed by atoms with van der Waals surface area (Å²) in [5, 5.41) is 3.60. The number of nitrogens with zero attached hydrogens (tertiary/aromatic N) is 1. The molecule has 0 saturated heterocycles. The zero-order valence-electron chi connectivity index (χ0n) is 12.4. The smallest absolute Gasteiger partial charge is 0.337 e. The van der Waals surface area contributed by atoms with Gasteiger partial charge in [0.15, 0.2) is 5.76 Å². The fourth-order valence-corrected chi connectivity index (χ4v) is 4.26. The molecule has 0 aliphatic heterocycles. The molecule has 0 aliphatic rings. The summed E-state index contributed by atoms with van der Waals surface area (Å²) in [4.78, 5) is 12.0. The minimum absolute atomic E-state index is 0.144. The van der Waals surface area contributed by atoms with Crippen molar-refractivity contribution >= 4 is 33.0 Å². The van der Waals surface area contributed by atoms with E-state index in [1.54, 1.807) is 12.1 Å². The monoisotopic (exact) mass is 364 g/mol. The molecule has 0 bridgehead atoms. The summed E-state index contributed by atoms with van der Waals surface area (Å²) in [6, 6.07) is 10.8. The van der Waals surface area contributed by atoms with Crippen molar-refractivity contribution in [1.82, 2.24) is 5.16 Å². The number of thiophene rings is 1. The van der Waals surface area contributed by atoms with Crippen LogP contribution in [-0.4, -0.2) is 26.7 Å². The molecular formula is C15H12N2O5S2. The first-order chi connectivity index (χ1) is 11.5. The van der Waals surface area contributed by atoms with E-state index < -0.39 is 16.0 Å². The predicted octanol–water partition coefficient (Wildman–Crippen LogP) is 2.99. The molecule has 124 valence electrons. The standard InChI is InChI=1S/C15H12N2O5S2/c1-21-15(18)10-2-4-11(5-3-10)17-24(19,20)14-7-6-13(23-14)12-8-9-16-22-12/h2-9,17H,1H3. The summed E-state index contributed by atoms with van der Waals surface area (Å²) in [6.07, 6.45) is 1.49. The Kier molecular flexibility index (Phi) is 4.36. The van der Waals surface area contributed by atoms with Gasteiger partial charge in [-0.15, -0.1) is 11.3 Å². The lowest BCUT2D eigenvalue weighted by atomic mass is 10.2. The van der Waals surface area contributed by atoms with Crippen molar-refractivity contribution < 1.29 is 22.5 Å². The van der Waals surface area contributed by atoms with Crippen molar-refractivity contribution in [2.24, 2.45) is 0 Å². The summed E-state index contributed by atoms with van der Waals surface area (Å²) in [7, 11) is -2.45. The van der Waals surface area contributed by atoms with Gasteiger partial charge in [0, 0.05) is 11.8 Å². The van der Waals surface area contributed by atoms with E-state index in [0.29, 0.717) is 21.9 Å². The number of carbonyl (C=O) groups excluding carboxylic acids is 1. The first kappa shape index (κ1) is 16.2. The molecule has 7 nitrogen and oxygen atoms in total. The van der Waals surface area contributed by atoms with E-state index in [1.807, 2.05) is 0 Å². The Morgan fingerprint density at radius 2 is 1.92 bits per heavy atom. The van der Waals surface area contributed by atoms with E-state index in [-0.39, 0.29) is 4.21 Å². The number of aromatic nitrogens is 1. The van der Waals surface area contributed by atoms with Crippen LogP contribution >= 0.6 is 11.3 Å². The van der Waals surface area contributed by atoms with Crippen molar-refractivity contribution in [3.8, 4) is 10.6 Å². The number of benzene rings is 1. The normalized spacial score (nSPS) is 11.2. The Morgan fingerprint density at radius 3 is 2.54 bits per heavy atom. The fraction of sp³-hybridized carbons (Fsp3) is 0.0667. The number of methoxy groups -OCH3 is 1. The molecule has 0 radical (unpaired) electrons. The number of ether oxygens (including phenoxy) is 1. The van der Waals surface area contributed by atoms with Crippen LogP contribution in [0.4, 0.5) is 5.69 Å². The zero-order valence-corrected chi connectivity index (χ0v) is 14.1. The Balaban J connectivity index is 1.80. The van der Waals surface area contributed by atoms with Gasteiger partial charge in [-0.2, -0.15) is 0 Å². The van der Waals surface area contributed by atoms with Gasteiger partial charge in [-0.3, -0.25) is 4.72 Å². The molecule has 3 aromatic rings. The lowest BCUT2D eigenvalue weighted by Gasteiger charge is -2.06. The fourth-order valence-electron chi connectivity index (χ4n) is 1.94. The molecule has 0 atom stereocenters. The van der Waals surface area contributed by atoms with Crippen LogP contribution < -0.4 is 4.72 Å². The summed E-state index contributed by atoms with van der Waals surface area (Å²) >= 11 is 1.07. The predicted molar refractivity (Wildman–Crippen MR) is 88.4 cm³/mol. The highest BCUT2D eigenvalue weighted by Gasteiger charge is 2.18. The van der Waals surface area contributed by atoms with Crippen LogP contribution in [0, 0.1) is 0 Å². The molecule has 24 heavy (non-hydrogen) atoms. The second kappa shape index (κ2) is 6.46. The third kappa shape index (κ3) is 3.31. The van der Waals surface area contributed by atoms with Gasteiger partial charge in [0.05, 0.1) is 23.7 Å². The number of sulfonamides is 1. The first-order valence-corrected chi connectivity index (χ1v) is 9.01. The van der Waals surface area contributed by atoms with Crippen molar-refractivity contribution in [3.05, 3.63) is 54.2 Å². The highest BCUT2D eigenvalue weighted by atomic mass is 32.2. The van der Waals surface area contributed by atoms with E-state index in [1.165, 1.54) is 43.6 Å². The number of nitrogens with one attached hydrogen (secondary N) is 1. The number of hydrogen-bond donors (Lipinski definition) is 1. The maximum Gasteiger partial charge on any atom is 0.337 e. The van der Waals surface area contributed by atoms with Gasteiger partial charge in [0.2, 0.25) is 0 Å². The maximum absolute atomic E-state index is 12.4. The van der Waals surface area contributed by atoms with Crippen molar-refractivity contribution in [2.75, 3.05) is 11.8 Å². The van der Waals surface area contributed by atoms with Crippen LogP contribution in [0.15, 0.2) is 57.4 Å². The number of esters is 1. The summed E-state index contributed by atoms with van der Waals surface area (Å²) in [5.41, 5.74) is 0.682. The number of rotatable bonds is 5. The van der Waals surface area contributed by atoms with Crippen LogP contribution in [-0.2, 0) is 14.8 Å². The highest BCUT2D eigenvalue weighted by molar-refractivity contribution is 7.94. The van der Waals surface area contributed by atoms with E-state index in [2.05, 4.69) is 14.6 Å². The molecule has 0 unspecified atom stereocenters. The van der Waals surface area contributed by atoms with Crippen LogP contribution in [0.5, 0.6) is 0 Å². The molecule has 3 rings (SSSR count). The maximum atomic E-state index is 12.4. The van der Waals surface area contributed by atoms with Gasteiger partial charge in [-0.1, -0.05) is 5.16 Å². The topological polar surface area (TPSA) is 98.5 Å². The Labute approximate surface area is 141 Å². The van der Waals surface area contributed by atoms with Crippen LogP contribution in [0.3, 0.4) is 0 Å². The lowest BCUT2D eigenvalue weighted by Crippen LogP contribution is -2.11. The Bertz CT molecular complexity index is 944. The van der Waals surface area contributed by atoms with Gasteiger partial charge in [-0.25, -0.2) is 13.2 Å². The number of carbonyl (C=O) groups is 1. The second-order valence-corrected chi connectivity index (χ2v) is 7.66. The van der Waals surface area contributed by atoms with Crippen molar-refractivity contribution in [2.45, 2.75) is 4.21 Å². The molecule has 0 saturated carbocycles. The van der Waals surface area contributed by atoms with E-state index in [0.717, 1.165) is 11.3 Å². The van der Waals surface area contributed by atoms with E-state index in [9.17, 15) is 13.2 Å². The van der Waals surface area contributed by atoms with Crippen LogP contribution in [0.2, 0.25) is 0 Å². The number of anilines is 1. The molecule has 2 aromatic heterocycles. The molecule has 9 heteroatoms. The summed E-state index contributed by atoms with van der Waals surface area (Å²) in [6.45, 7) is 0. The molecule has 1 aromatic carbocycles. The average Bonchev–Trinajstić information content (AvgIpc) is 3.25. The van der Waals surface area contributed by atoms with Gasteiger partial charge in [0.1, 0.15) is 4.21 Å². The van der Waals surface area contributed by atoms with Gasteiger partial charge in [0.25, 0.3) is 10.0 Å². The second-order valence-electron chi connectivity index (χ2n) is 4.67. The molecule has 0 aliphatic carbocycles. The lowest BCUT2D eigenvalue weighted by molar-refractivity contribution is 0.0601. The van der Waals surface area contributed by atoms with Crippen LogP contribution in [0.25, 0.3) is 10.6 Å². The quantitative estimate of drug-likeness (QED) is 0.699. The largest absolute Gasteiger partial charge is 0.465 e. The molecule has 0 fully saturated rings. The Hall–Kier alpha value is -2.65. The third-order valence-electron chi connectivity index (χ3n) is 3.09. The summed E-state index contributed by atoms with van der Waals surface area (Å²) in [5.74, 6) is 0.0169. The summed E-state index contributed by atoms with van der Waals surface area (Å²) < 4.78 is 37.1. The molecule has 1 N–H and O–H groups in total. The molecule has 2 heterocycles. The SMILES string of the molecule is COC(=O)c1ccc(NS(=O)(=O)c2ccc(-c3ccno3)s2)cc1. The van der Waals surface area contributed by atoms with Gasteiger partial charge < -0.3 is 9.26 Å². The van der Waals surface area contributed by atoms with Crippen molar-refractivity contribution in [1.29, 1.82) is 0 Å². The molecule has 0 spiro atoms. The average molecular weight is 364 g/mol. The Morgan fingerprint density at radius 1 is 1.17 bits per heavy atom. The highest BCUT2D eigenvalue weighted by Crippen LogP contribution is 2.31. The third-order valence-corrected chi connectivity index (χ3v) is 6.06. The zero-order chi connectivity index (χ0) is 17.2. The minimum atomic E-state index is -3.73. The number of hydrogen-bond acceptors (Lipinski definition) is 7. The van der Waals surface area contributed by atoms with Crippen LogP contribution in [0.1, 0.15) is 10.4 Å². The molecule has 0 amide bonds. The van der Waals surface area contributed by atoms with Crippen molar-refractivity contribution in [3.63, 3.8) is 0 Å². The van der Waals surface area contributed by atoms with Gasteiger partial charge >= 0.3 is 5.97 Å². The van der Waals surface area contributed by atoms with E-state index >= 15 is 0 Å². The van der Waals surface area contributed by atoms with E-state index in [4.69, 9.17) is 4.52 Å². The first-order valence-electron chi connectivity index (χ1n) is 6.72.